The fraction of sp³-hybridized carbons (Fsp3) is 0.476. The average Bonchev–Trinajstić information content (AvgIpc) is 3.01. The molecule has 144 valence electrons. The zero-order valence-corrected chi connectivity index (χ0v) is 16.0. The summed E-state index contributed by atoms with van der Waals surface area (Å²) in [5, 5.41) is 3.04. The second-order valence-electron chi connectivity index (χ2n) is 7.70. The smallest absolute Gasteiger partial charge is 0.234 e. The Morgan fingerprint density at radius 1 is 1.26 bits per heavy atom. The highest BCUT2D eigenvalue weighted by Crippen LogP contribution is 2.47. The third kappa shape index (κ3) is 4.11. The fourth-order valence-corrected chi connectivity index (χ4v) is 3.52. The maximum atomic E-state index is 12.4. The van der Waals surface area contributed by atoms with Gasteiger partial charge in [0.2, 0.25) is 12.7 Å². The Balaban J connectivity index is 1.27. The van der Waals surface area contributed by atoms with Gasteiger partial charge in [0, 0.05) is 5.92 Å². The Labute approximate surface area is 159 Å². The molecule has 2 aromatic rings. The molecule has 3 atom stereocenters. The van der Waals surface area contributed by atoms with Crippen molar-refractivity contribution in [3.63, 3.8) is 0 Å². The first-order valence-corrected chi connectivity index (χ1v) is 9.45. The van der Waals surface area contributed by atoms with Crippen molar-refractivity contribution < 1.29 is 18.7 Å². The molecule has 2 heterocycles. The Morgan fingerprint density at radius 3 is 2.81 bits per heavy atom. The molecule has 1 N–H and O–H groups in total. The van der Waals surface area contributed by atoms with Gasteiger partial charge in [0.15, 0.2) is 11.5 Å². The van der Waals surface area contributed by atoms with E-state index in [2.05, 4.69) is 18.3 Å². The first kappa shape index (κ1) is 17.9. The number of rotatable bonds is 7. The molecule has 6 heteroatoms. The van der Waals surface area contributed by atoms with Gasteiger partial charge in [-0.1, -0.05) is 13.0 Å². The van der Waals surface area contributed by atoms with Crippen LogP contribution in [0.4, 0.5) is 0 Å². The molecule has 1 saturated carbocycles. The van der Waals surface area contributed by atoms with E-state index >= 15 is 0 Å². The summed E-state index contributed by atoms with van der Waals surface area (Å²) in [6.07, 6.45) is 1.21. The molecule has 1 aromatic heterocycles. The van der Waals surface area contributed by atoms with Crippen molar-refractivity contribution in [2.75, 3.05) is 20.4 Å². The molecule has 1 amide bonds. The minimum atomic E-state index is -0.105. The molecule has 6 nitrogen and oxygen atoms in total. The van der Waals surface area contributed by atoms with E-state index in [0.717, 1.165) is 34.5 Å². The highest BCUT2D eigenvalue weighted by molar-refractivity contribution is 5.78. The van der Waals surface area contributed by atoms with Gasteiger partial charge in [0.25, 0.3) is 0 Å². The topological polar surface area (TPSA) is 63.9 Å². The Hall–Kier alpha value is -2.47. The summed E-state index contributed by atoms with van der Waals surface area (Å²) in [6, 6.07) is 9.73. The lowest BCUT2D eigenvalue weighted by Gasteiger charge is -2.18. The summed E-state index contributed by atoms with van der Waals surface area (Å²) in [7, 11) is 1.92. The standard InChI is InChI=1S/C21H26N2O4/c1-13-8-17(13)18-7-5-16(27-18)10-23(3)11-21(24)22-14(2)15-4-6-19-20(9-15)26-12-25-19/h4-7,9,13-14,17H,8,10-12H2,1-3H3,(H,22,24)/t13-,14+,17+/m1/s1. The molecule has 27 heavy (non-hydrogen) atoms. The highest BCUT2D eigenvalue weighted by Gasteiger charge is 2.36. The van der Waals surface area contributed by atoms with Crippen molar-refractivity contribution in [2.45, 2.75) is 38.8 Å². The predicted molar refractivity (Wildman–Crippen MR) is 101 cm³/mol. The molecule has 0 spiro atoms. The third-order valence-corrected chi connectivity index (χ3v) is 5.27. The van der Waals surface area contributed by atoms with Gasteiger partial charge < -0.3 is 19.2 Å². The maximum absolute atomic E-state index is 12.4. The number of furan rings is 1. The van der Waals surface area contributed by atoms with E-state index in [9.17, 15) is 4.79 Å². The van der Waals surface area contributed by atoms with Crippen LogP contribution in [-0.2, 0) is 11.3 Å². The zero-order valence-electron chi connectivity index (χ0n) is 16.0. The van der Waals surface area contributed by atoms with Crippen LogP contribution in [0.25, 0.3) is 0 Å². The maximum Gasteiger partial charge on any atom is 0.234 e. The number of benzene rings is 1. The van der Waals surface area contributed by atoms with Crippen LogP contribution in [0.5, 0.6) is 11.5 Å². The lowest BCUT2D eigenvalue weighted by Crippen LogP contribution is -2.36. The molecule has 0 unspecified atom stereocenters. The van der Waals surface area contributed by atoms with Crippen LogP contribution in [0.2, 0.25) is 0 Å². The summed E-state index contributed by atoms with van der Waals surface area (Å²) < 4.78 is 16.7. The Kier molecular flexibility index (Phi) is 4.83. The summed E-state index contributed by atoms with van der Waals surface area (Å²) in [4.78, 5) is 14.3. The minimum absolute atomic E-state index is 0.0229. The molecule has 1 aliphatic carbocycles. The van der Waals surface area contributed by atoms with Crippen LogP contribution in [0, 0.1) is 5.92 Å². The monoisotopic (exact) mass is 370 g/mol. The van der Waals surface area contributed by atoms with E-state index in [-0.39, 0.29) is 18.7 Å². The number of carbonyl (C=O) groups excluding carboxylic acids is 1. The summed E-state index contributed by atoms with van der Waals surface area (Å²) >= 11 is 0. The van der Waals surface area contributed by atoms with Crippen molar-refractivity contribution in [3.05, 3.63) is 47.4 Å². The van der Waals surface area contributed by atoms with E-state index in [0.29, 0.717) is 19.0 Å². The molecular weight excluding hydrogens is 344 g/mol. The van der Waals surface area contributed by atoms with Gasteiger partial charge in [-0.15, -0.1) is 0 Å². The van der Waals surface area contributed by atoms with Gasteiger partial charge in [-0.25, -0.2) is 0 Å². The van der Waals surface area contributed by atoms with Crippen molar-refractivity contribution in [1.29, 1.82) is 0 Å². The third-order valence-electron chi connectivity index (χ3n) is 5.27. The minimum Gasteiger partial charge on any atom is -0.464 e. The van der Waals surface area contributed by atoms with E-state index in [1.54, 1.807) is 0 Å². The molecule has 1 aromatic carbocycles. The van der Waals surface area contributed by atoms with E-state index in [1.165, 1.54) is 6.42 Å². The van der Waals surface area contributed by atoms with E-state index in [1.807, 2.05) is 43.1 Å². The second kappa shape index (κ2) is 7.27. The van der Waals surface area contributed by atoms with Crippen LogP contribution in [0.1, 0.15) is 49.3 Å². The van der Waals surface area contributed by atoms with Crippen LogP contribution in [0.15, 0.2) is 34.7 Å². The SMILES string of the molecule is C[C@H](NC(=O)CN(C)Cc1ccc([C@H]2C[C@H]2C)o1)c1ccc2c(c1)OCO2. The molecule has 0 bridgehead atoms. The predicted octanol–water partition coefficient (Wildman–Crippen LogP) is 3.44. The molecule has 0 radical (unpaired) electrons. The van der Waals surface area contributed by atoms with Gasteiger partial charge in [0.1, 0.15) is 11.5 Å². The first-order chi connectivity index (χ1) is 13.0. The number of nitrogens with one attached hydrogen (secondary N) is 1. The lowest BCUT2D eigenvalue weighted by molar-refractivity contribution is -0.122. The summed E-state index contributed by atoms with van der Waals surface area (Å²) in [5.74, 6) is 4.74. The molecule has 4 rings (SSSR count). The van der Waals surface area contributed by atoms with Gasteiger partial charge in [0.05, 0.1) is 19.1 Å². The summed E-state index contributed by atoms with van der Waals surface area (Å²) in [5.41, 5.74) is 0.990. The van der Waals surface area contributed by atoms with E-state index in [4.69, 9.17) is 13.9 Å². The Bertz CT molecular complexity index is 831. The van der Waals surface area contributed by atoms with Crippen LogP contribution in [-0.4, -0.2) is 31.2 Å². The van der Waals surface area contributed by atoms with Crippen molar-refractivity contribution in [3.8, 4) is 11.5 Å². The van der Waals surface area contributed by atoms with Crippen LogP contribution >= 0.6 is 0 Å². The van der Waals surface area contributed by atoms with Gasteiger partial charge >= 0.3 is 0 Å². The zero-order chi connectivity index (χ0) is 19.0. The van der Waals surface area contributed by atoms with Crippen molar-refractivity contribution in [2.24, 2.45) is 5.92 Å². The van der Waals surface area contributed by atoms with Gasteiger partial charge in [-0.2, -0.15) is 0 Å². The highest BCUT2D eigenvalue weighted by atomic mass is 16.7. The fourth-order valence-electron chi connectivity index (χ4n) is 3.52. The number of carbonyl (C=O) groups is 1. The molecule has 1 aliphatic heterocycles. The van der Waals surface area contributed by atoms with Crippen LogP contribution < -0.4 is 14.8 Å². The second-order valence-corrected chi connectivity index (χ2v) is 7.70. The lowest BCUT2D eigenvalue weighted by atomic mass is 10.1. The number of amides is 1. The molecular formula is C21H26N2O4. The quantitative estimate of drug-likeness (QED) is 0.809. The first-order valence-electron chi connectivity index (χ1n) is 9.45. The molecule has 2 aliphatic rings. The number of ether oxygens (including phenoxy) is 2. The van der Waals surface area contributed by atoms with E-state index < -0.39 is 0 Å². The number of likely N-dealkylation sites (N-methyl/N-ethyl adjacent to an activating group) is 1. The van der Waals surface area contributed by atoms with Crippen molar-refractivity contribution >= 4 is 5.91 Å². The molecule has 1 fully saturated rings. The van der Waals surface area contributed by atoms with Crippen LogP contribution in [0.3, 0.4) is 0 Å². The average molecular weight is 370 g/mol. The number of fused-ring (bicyclic) bond motifs is 1. The largest absolute Gasteiger partial charge is 0.464 e. The number of hydrogen-bond donors (Lipinski definition) is 1. The Morgan fingerprint density at radius 2 is 2.04 bits per heavy atom. The summed E-state index contributed by atoms with van der Waals surface area (Å²) in [6.45, 7) is 5.38. The molecule has 0 saturated heterocycles. The van der Waals surface area contributed by atoms with Gasteiger partial charge in [-0.05, 0) is 56.1 Å². The normalized spacial score (nSPS) is 21.3. The number of nitrogens with zero attached hydrogens (tertiary/aromatic N) is 1. The number of hydrogen-bond acceptors (Lipinski definition) is 5. The van der Waals surface area contributed by atoms with Gasteiger partial charge in [-0.3, -0.25) is 9.69 Å². The van der Waals surface area contributed by atoms with Crippen molar-refractivity contribution in [1.82, 2.24) is 10.2 Å².